The van der Waals surface area contributed by atoms with Gasteiger partial charge in [-0.1, -0.05) is 36.4 Å². The van der Waals surface area contributed by atoms with Crippen molar-refractivity contribution in [3.63, 3.8) is 0 Å². The van der Waals surface area contributed by atoms with Crippen LogP contribution in [0.1, 0.15) is 34.3 Å². The quantitative estimate of drug-likeness (QED) is 0.661. The maximum atomic E-state index is 12.5. The lowest BCUT2D eigenvalue weighted by atomic mass is 10.0. The van der Waals surface area contributed by atoms with Crippen molar-refractivity contribution in [2.45, 2.75) is 32.4 Å². The molecule has 0 radical (unpaired) electrons. The molecule has 0 saturated carbocycles. The van der Waals surface area contributed by atoms with Gasteiger partial charge in [0.05, 0.1) is 4.92 Å². The molecular weight excluding hydrogens is 330 g/mol. The molecule has 0 bridgehead atoms. The number of nitro benzene ring substituents is 1. The zero-order valence-corrected chi connectivity index (χ0v) is 14.9. The molecule has 0 aliphatic carbocycles. The fourth-order valence-corrected chi connectivity index (χ4v) is 3.33. The lowest BCUT2D eigenvalue weighted by Crippen LogP contribution is -2.44. The largest absolute Gasteiger partial charge is 0.349 e. The molecular formula is C20H23N3O3. The second-order valence-electron chi connectivity index (χ2n) is 6.79. The number of likely N-dealkylation sites (tertiary alicyclic amines) is 1. The summed E-state index contributed by atoms with van der Waals surface area (Å²) in [6.45, 7) is 4.53. The van der Waals surface area contributed by atoms with Crippen LogP contribution in [0.5, 0.6) is 0 Å². The monoisotopic (exact) mass is 353 g/mol. The van der Waals surface area contributed by atoms with Crippen LogP contribution < -0.4 is 5.32 Å². The van der Waals surface area contributed by atoms with Gasteiger partial charge in [-0.3, -0.25) is 19.8 Å². The lowest BCUT2D eigenvalue weighted by Gasteiger charge is -2.32. The molecule has 1 heterocycles. The van der Waals surface area contributed by atoms with Gasteiger partial charge in [-0.05, 0) is 37.0 Å². The summed E-state index contributed by atoms with van der Waals surface area (Å²) < 4.78 is 0. The Bertz CT molecular complexity index is 784. The summed E-state index contributed by atoms with van der Waals surface area (Å²) in [7, 11) is 0. The van der Waals surface area contributed by atoms with Gasteiger partial charge in [-0.15, -0.1) is 0 Å². The Morgan fingerprint density at radius 1 is 1.19 bits per heavy atom. The number of carbonyl (C=O) groups excluding carboxylic acids is 1. The molecule has 26 heavy (non-hydrogen) atoms. The molecule has 1 N–H and O–H groups in total. The van der Waals surface area contributed by atoms with Crippen LogP contribution in [-0.2, 0) is 6.54 Å². The highest BCUT2D eigenvalue weighted by molar-refractivity contribution is 5.98. The van der Waals surface area contributed by atoms with Crippen LogP contribution >= 0.6 is 0 Å². The minimum atomic E-state index is -0.503. The number of hydrogen-bond donors (Lipinski definition) is 1. The van der Waals surface area contributed by atoms with Gasteiger partial charge in [0.1, 0.15) is 5.56 Å². The van der Waals surface area contributed by atoms with E-state index < -0.39 is 4.92 Å². The van der Waals surface area contributed by atoms with Crippen molar-refractivity contribution in [3.8, 4) is 0 Å². The highest BCUT2D eigenvalue weighted by atomic mass is 16.6. The first kappa shape index (κ1) is 18.1. The van der Waals surface area contributed by atoms with Gasteiger partial charge >= 0.3 is 0 Å². The number of nitrogens with one attached hydrogen (secondary N) is 1. The second kappa shape index (κ2) is 8.10. The van der Waals surface area contributed by atoms with Crippen LogP contribution in [0.2, 0.25) is 0 Å². The van der Waals surface area contributed by atoms with Crippen molar-refractivity contribution >= 4 is 11.6 Å². The molecule has 1 aliphatic heterocycles. The van der Waals surface area contributed by atoms with Crippen LogP contribution in [0.25, 0.3) is 0 Å². The Balaban J connectivity index is 1.57. The van der Waals surface area contributed by atoms with Crippen molar-refractivity contribution in [2.75, 3.05) is 13.1 Å². The minimum Gasteiger partial charge on any atom is -0.349 e. The number of nitrogens with zero attached hydrogens (tertiary/aromatic N) is 2. The zero-order chi connectivity index (χ0) is 18.5. The highest BCUT2D eigenvalue weighted by Gasteiger charge is 2.25. The first-order valence-electron chi connectivity index (χ1n) is 8.85. The number of piperidine rings is 1. The number of amides is 1. The van der Waals surface area contributed by atoms with E-state index in [-0.39, 0.29) is 23.2 Å². The Morgan fingerprint density at radius 2 is 1.88 bits per heavy atom. The lowest BCUT2D eigenvalue weighted by molar-refractivity contribution is -0.385. The molecule has 0 unspecified atom stereocenters. The predicted octanol–water partition coefficient (Wildman–Crippen LogP) is 3.30. The van der Waals surface area contributed by atoms with E-state index in [0.717, 1.165) is 38.0 Å². The Hall–Kier alpha value is -2.73. The van der Waals surface area contributed by atoms with Gasteiger partial charge in [0.25, 0.3) is 11.6 Å². The molecule has 2 aromatic rings. The SMILES string of the molecule is Cc1ccc([N+](=O)[O-])c(C(=O)NC2CCN(Cc3ccccc3)CC2)c1. The highest BCUT2D eigenvalue weighted by Crippen LogP contribution is 2.21. The molecule has 1 fully saturated rings. The topological polar surface area (TPSA) is 75.5 Å². The molecule has 0 aromatic heterocycles. The fourth-order valence-electron chi connectivity index (χ4n) is 3.33. The van der Waals surface area contributed by atoms with E-state index in [9.17, 15) is 14.9 Å². The van der Waals surface area contributed by atoms with Gasteiger partial charge in [0.2, 0.25) is 0 Å². The number of hydrogen-bond acceptors (Lipinski definition) is 4. The summed E-state index contributed by atoms with van der Waals surface area (Å²) in [4.78, 5) is 25.6. The van der Waals surface area contributed by atoms with Crippen molar-refractivity contribution in [1.29, 1.82) is 0 Å². The average molecular weight is 353 g/mol. The molecule has 2 aromatic carbocycles. The molecule has 1 aliphatic rings. The minimum absolute atomic E-state index is 0.0506. The molecule has 0 spiro atoms. The van der Waals surface area contributed by atoms with E-state index in [2.05, 4.69) is 22.3 Å². The van der Waals surface area contributed by atoms with E-state index in [1.165, 1.54) is 11.6 Å². The van der Waals surface area contributed by atoms with Crippen molar-refractivity contribution in [1.82, 2.24) is 10.2 Å². The van der Waals surface area contributed by atoms with E-state index >= 15 is 0 Å². The van der Waals surface area contributed by atoms with Crippen LogP contribution in [-0.4, -0.2) is 34.9 Å². The summed E-state index contributed by atoms with van der Waals surface area (Å²) in [5.74, 6) is -0.359. The average Bonchev–Trinajstić information content (AvgIpc) is 2.64. The Morgan fingerprint density at radius 3 is 2.54 bits per heavy atom. The normalized spacial score (nSPS) is 15.6. The van der Waals surface area contributed by atoms with Gasteiger partial charge in [-0.2, -0.15) is 0 Å². The zero-order valence-electron chi connectivity index (χ0n) is 14.9. The van der Waals surface area contributed by atoms with Crippen LogP contribution in [0.15, 0.2) is 48.5 Å². The van der Waals surface area contributed by atoms with E-state index in [0.29, 0.717) is 0 Å². The standard InChI is InChI=1S/C20H23N3O3/c1-15-7-8-19(23(25)26)18(13-15)20(24)21-17-9-11-22(12-10-17)14-16-5-3-2-4-6-16/h2-8,13,17H,9-12,14H2,1H3,(H,21,24). The summed E-state index contributed by atoms with van der Waals surface area (Å²) in [5, 5.41) is 14.1. The maximum Gasteiger partial charge on any atom is 0.282 e. The smallest absolute Gasteiger partial charge is 0.282 e. The summed E-state index contributed by atoms with van der Waals surface area (Å²) in [6, 6.07) is 15.0. The van der Waals surface area contributed by atoms with Gasteiger partial charge in [0, 0.05) is 31.7 Å². The number of carbonyl (C=O) groups is 1. The van der Waals surface area contributed by atoms with Crippen LogP contribution in [0.3, 0.4) is 0 Å². The van der Waals surface area contributed by atoms with E-state index in [1.54, 1.807) is 12.1 Å². The number of rotatable bonds is 5. The second-order valence-corrected chi connectivity index (χ2v) is 6.79. The third-order valence-electron chi connectivity index (χ3n) is 4.77. The molecule has 0 atom stereocenters. The summed E-state index contributed by atoms with van der Waals surface area (Å²) in [5.41, 5.74) is 2.11. The van der Waals surface area contributed by atoms with Crippen molar-refractivity contribution < 1.29 is 9.72 Å². The maximum absolute atomic E-state index is 12.5. The molecule has 6 nitrogen and oxygen atoms in total. The Kier molecular flexibility index (Phi) is 5.63. The Labute approximate surface area is 153 Å². The van der Waals surface area contributed by atoms with Gasteiger partial charge in [-0.25, -0.2) is 0 Å². The fraction of sp³-hybridized carbons (Fsp3) is 0.350. The van der Waals surface area contributed by atoms with Gasteiger partial charge < -0.3 is 5.32 Å². The van der Waals surface area contributed by atoms with Gasteiger partial charge in [0.15, 0.2) is 0 Å². The van der Waals surface area contributed by atoms with E-state index in [4.69, 9.17) is 0 Å². The van der Waals surface area contributed by atoms with Crippen molar-refractivity contribution in [2.24, 2.45) is 0 Å². The molecule has 136 valence electrons. The first-order valence-corrected chi connectivity index (χ1v) is 8.85. The van der Waals surface area contributed by atoms with Crippen molar-refractivity contribution in [3.05, 3.63) is 75.3 Å². The first-order chi connectivity index (χ1) is 12.5. The van der Waals surface area contributed by atoms with E-state index in [1.807, 2.05) is 25.1 Å². The number of nitro groups is 1. The summed E-state index contributed by atoms with van der Waals surface area (Å²) >= 11 is 0. The molecule has 6 heteroatoms. The molecule has 3 rings (SSSR count). The predicted molar refractivity (Wildman–Crippen MR) is 100 cm³/mol. The van der Waals surface area contributed by atoms with Crippen LogP contribution in [0, 0.1) is 17.0 Å². The molecule has 1 saturated heterocycles. The molecule has 1 amide bonds. The van der Waals surface area contributed by atoms with Crippen LogP contribution in [0.4, 0.5) is 5.69 Å². The third-order valence-corrected chi connectivity index (χ3v) is 4.77. The third kappa shape index (κ3) is 4.46. The number of benzene rings is 2. The summed E-state index contributed by atoms with van der Waals surface area (Å²) in [6.07, 6.45) is 1.69. The number of aryl methyl sites for hydroxylation is 1.